The second kappa shape index (κ2) is 5.44. The Morgan fingerprint density at radius 1 is 1.65 bits per heavy atom. The van der Waals surface area contributed by atoms with Crippen molar-refractivity contribution < 1.29 is 4.79 Å². The molecule has 0 aliphatic carbocycles. The molecule has 0 radical (unpaired) electrons. The van der Waals surface area contributed by atoms with Crippen molar-refractivity contribution in [2.75, 3.05) is 0 Å². The summed E-state index contributed by atoms with van der Waals surface area (Å²) in [6, 6.07) is 5.84. The summed E-state index contributed by atoms with van der Waals surface area (Å²) in [6.07, 6.45) is 2.19. The molecule has 0 saturated heterocycles. The van der Waals surface area contributed by atoms with Crippen LogP contribution in [0.15, 0.2) is 18.3 Å². The summed E-state index contributed by atoms with van der Waals surface area (Å²) >= 11 is 0. The number of carbonyl (C=O) groups excluding carboxylic acids is 1. The van der Waals surface area contributed by atoms with Crippen molar-refractivity contribution >= 4 is 5.91 Å². The Bertz CT molecular complexity index is 450. The van der Waals surface area contributed by atoms with Gasteiger partial charge in [0.25, 0.3) is 0 Å². The molecule has 1 N–H and O–H groups in total. The van der Waals surface area contributed by atoms with Crippen LogP contribution >= 0.6 is 0 Å². The van der Waals surface area contributed by atoms with Crippen molar-refractivity contribution in [3.05, 3.63) is 29.6 Å². The number of rotatable bonds is 4. The topological polar surface area (TPSA) is 65.8 Å². The molecule has 1 aromatic heterocycles. The van der Waals surface area contributed by atoms with Crippen molar-refractivity contribution in [1.29, 1.82) is 5.26 Å². The number of carbonyl (C=O) groups is 1. The van der Waals surface area contributed by atoms with Crippen LogP contribution in [0.1, 0.15) is 31.5 Å². The van der Waals surface area contributed by atoms with Crippen molar-refractivity contribution in [3.8, 4) is 6.07 Å². The molecule has 17 heavy (non-hydrogen) atoms. The van der Waals surface area contributed by atoms with Gasteiger partial charge in [0.05, 0.1) is 18.3 Å². The summed E-state index contributed by atoms with van der Waals surface area (Å²) in [5.74, 6) is -0.243. The minimum atomic E-state index is -0.956. The van der Waals surface area contributed by atoms with Gasteiger partial charge in [0, 0.05) is 6.20 Å². The molecule has 0 aliphatic rings. The Hall–Kier alpha value is -1.89. The fourth-order valence-corrected chi connectivity index (χ4v) is 1.35. The normalized spacial score (nSPS) is 13.5. The maximum atomic E-state index is 11.9. The maximum Gasteiger partial charge on any atom is 0.240 e. The number of hydrogen-bond donors (Lipinski definition) is 1. The molecule has 0 aliphatic heterocycles. The van der Waals surface area contributed by atoms with Crippen molar-refractivity contribution in [1.82, 2.24) is 10.3 Å². The van der Waals surface area contributed by atoms with Crippen molar-refractivity contribution in [2.45, 2.75) is 33.7 Å². The van der Waals surface area contributed by atoms with Crippen LogP contribution in [-0.2, 0) is 11.3 Å². The summed E-state index contributed by atoms with van der Waals surface area (Å²) in [7, 11) is 0. The number of amides is 1. The summed E-state index contributed by atoms with van der Waals surface area (Å²) in [6.45, 7) is 5.78. The molecule has 0 bridgehead atoms. The van der Waals surface area contributed by atoms with E-state index in [9.17, 15) is 4.79 Å². The van der Waals surface area contributed by atoms with Gasteiger partial charge in [-0.1, -0.05) is 13.0 Å². The predicted molar refractivity (Wildman–Crippen MR) is 64.8 cm³/mol. The zero-order valence-corrected chi connectivity index (χ0v) is 10.4. The van der Waals surface area contributed by atoms with E-state index < -0.39 is 5.41 Å². The van der Waals surface area contributed by atoms with Gasteiger partial charge in [-0.3, -0.25) is 9.78 Å². The molecule has 1 atom stereocenters. The Labute approximate surface area is 102 Å². The second-order valence-electron chi connectivity index (χ2n) is 4.25. The molecule has 4 heteroatoms. The molecule has 1 amide bonds. The van der Waals surface area contributed by atoms with Crippen LogP contribution < -0.4 is 5.32 Å². The summed E-state index contributed by atoms with van der Waals surface area (Å²) in [4.78, 5) is 16.0. The van der Waals surface area contributed by atoms with Gasteiger partial charge < -0.3 is 5.32 Å². The Balaban J connectivity index is 2.67. The number of nitriles is 1. The molecule has 0 saturated carbocycles. The first-order chi connectivity index (χ1) is 8.03. The standard InChI is InChI=1S/C13H17N3O/c1-4-13(3,9-14)12(17)16-8-11-10(2)6-5-7-15-11/h5-7H,4,8H2,1-3H3,(H,16,17). The number of pyridine rings is 1. The van der Waals surface area contributed by atoms with Gasteiger partial charge in [-0.25, -0.2) is 0 Å². The van der Waals surface area contributed by atoms with Gasteiger partial charge in [0.15, 0.2) is 0 Å². The van der Waals surface area contributed by atoms with Gasteiger partial charge in [0.2, 0.25) is 5.91 Å². The first kappa shape index (κ1) is 13.2. The molecular weight excluding hydrogens is 214 g/mol. The highest BCUT2D eigenvalue weighted by molar-refractivity contribution is 5.84. The summed E-state index contributed by atoms with van der Waals surface area (Å²) < 4.78 is 0. The molecule has 1 rings (SSSR count). The SMILES string of the molecule is CCC(C)(C#N)C(=O)NCc1ncccc1C. The van der Waals surface area contributed by atoms with Crippen molar-refractivity contribution in [3.63, 3.8) is 0 Å². The van der Waals surface area contributed by atoms with Gasteiger partial charge in [-0.05, 0) is 31.9 Å². The van der Waals surface area contributed by atoms with Gasteiger partial charge in [-0.15, -0.1) is 0 Å². The van der Waals surface area contributed by atoms with Crippen LogP contribution in [0.25, 0.3) is 0 Å². The van der Waals surface area contributed by atoms with E-state index in [0.29, 0.717) is 13.0 Å². The fraction of sp³-hybridized carbons (Fsp3) is 0.462. The molecule has 4 nitrogen and oxygen atoms in total. The van der Waals surface area contributed by atoms with Crippen LogP contribution in [0.5, 0.6) is 0 Å². The highest BCUT2D eigenvalue weighted by Crippen LogP contribution is 2.19. The molecule has 1 heterocycles. The predicted octanol–water partition coefficient (Wildman–Crippen LogP) is 1.95. The van der Waals surface area contributed by atoms with Gasteiger partial charge in [-0.2, -0.15) is 5.26 Å². The second-order valence-corrected chi connectivity index (χ2v) is 4.25. The summed E-state index contributed by atoms with van der Waals surface area (Å²) in [5, 5.41) is 11.7. The average Bonchev–Trinajstić information content (AvgIpc) is 2.36. The smallest absolute Gasteiger partial charge is 0.240 e. The van der Waals surface area contributed by atoms with E-state index in [-0.39, 0.29) is 5.91 Å². The number of aryl methyl sites for hydroxylation is 1. The number of nitrogens with one attached hydrogen (secondary N) is 1. The average molecular weight is 231 g/mol. The van der Waals surface area contributed by atoms with E-state index in [1.165, 1.54) is 0 Å². The fourth-order valence-electron chi connectivity index (χ4n) is 1.35. The Morgan fingerprint density at radius 3 is 2.88 bits per heavy atom. The van der Waals surface area contributed by atoms with Crippen LogP contribution in [0, 0.1) is 23.7 Å². The van der Waals surface area contributed by atoms with E-state index in [1.807, 2.05) is 32.0 Å². The maximum absolute atomic E-state index is 11.9. The molecule has 0 spiro atoms. The lowest BCUT2D eigenvalue weighted by atomic mass is 9.88. The number of hydrogen-bond acceptors (Lipinski definition) is 3. The molecule has 90 valence electrons. The van der Waals surface area contributed by atoms with Crippen LogP contribution in [-0.4, -0.2) is 10.9 Å². The van der Waals surface area contributed by atoms with Crippen LogP contribution in [0.3, 0.4) is 0 Å². The van der Waals surface area contributed by atoms with E-state index in [0.717, 1.165) is 11.3 Å². The van der Waals surface area contributed by atoms with Gasteiger partial charge >= 0.3 is 0 Å². The van der Waals surface area contributed by atoms with E-state index in [1.54, 1.807) is 13.1 Å². The molecular formula is C13H17N3O. The minimum Gasteiger partial charge on any atom is -0.349 e. The zero-order chi connectivity index (χ0) is 12.9. The Morgan fingerprint density at radius 2 is 2.35 bits per heavy atom. The number of aromatic nitrogens is 1. The lowest BCUT2D eigenvalue weighted by Gasteiger charge is -2.18. The highest BCUT2D eigenvalue weighted by Gasteiger charge is 2.30. The molecule has 1 aromatic rings. The van der Waals surface area contributed by atoms with Crippen LogP contribution in [0.4, 0.5) is 0 Å². The van der Waals surface area contributed by atoms with E-state index in [2.05, 4.69) is 10.3 Å². The first-order valence-corrected chi connectivity index (χ1v) is 5.63. The van der Waals surface area contributed by atoms with Crippen LogP contribution in [0.2, 0.25) is 0 Å². The monoisotopic (exact) mass is 231 g/mol. The van der Waals surface area contributed by atoms with Gasteiger partial charge in [0.1, 0.15) is 5.41 Å². The third-order valence-electron chi connectivity index (χ3n) is 2.99. The molecule has 1 unspecified atom stereocenters. The Kier molecular flexibility index (Phi) is 4.22. The largest absolute Gasteiger partial charge is 0.349 e. The first-order valence-electron chi connectivity index (χ1n) is 5.63. The van der Waals surface area contributed by atoms with Crippen molar-refractivity contribution in [2.24, 2.45) is 5.41 Å². The van der Waals surface area contributed by atoms with E-state index in [4.69, 9.17) is 5.26 Å². The molecule has 0 aromatic carbocycles. The lowest BCUT2D eigenvalue weighted by molar-refractivity contribution is -0.127. The minimum absolute atomic E-state index is 0.243. The molecule has 0 fully saturated rings. The zero-order valence-electron chi connectivity index (χ0n) is 10.4. The quantitative estimate of drug-likeness (QED) is 0.861. The third-order valence-corrected chi connectivity index (χ3v) is 2.99. The summed E-state index contributed by atoms with van der Waals surface area (Å²) in [5.41, 5.74) is 0.906. The highest BCUT2D eigenvalue weighted by atomic mass is 16.2. The number of nitrogens with zero attached hydrogens (tertiary/aromatic N) is 2. The van der Waals surface area contributed by atoms with E-state index >= 15 is 0 Å². The third kappa shape index (κ3) is 3.04. The lowest BCUT2D eigenvalue weighted by Crippen LogP contribution is -2.37.